The van der Waals surface area contributed by atoms with Crippen LogP contribution in [0.15, 0.2) is 54.6 Å². The molecular weight excluding hydrogens is 398 g/mol. The van der Waals surface area contributed by atoms with E-state index in [0.717, 1.165) is 5.56 Å². The molecule has 2 aromatic rings. The molecule has 2 N–H and O–H groups in total. The molecule has 9 nitrogen and oxygen atoms in total. The Balaban J connectivity index is 1.35. The minimum atomic E-state index is -0.445. The lowest BCUT2D eigenvalue weighted by Crippen LogP contribution is -2.51. The highest BCUT2D eigenvalue weighted by Crippen LogP contribution is 2.22. The number of nitro benzene ring substituents is 1. The molecule has 31 heavy (non-hydrogen) atoms. The zero-order valence-electron chi connectivity index (χ0n) is 17.3. The summed E-state index contributed by atoms with van der Waals surface area (Å²) in [4.78, 5) is 39.0. The molecule has 2 amide bonds. The van der Waals surface area contributed by atoms with E-state index in [9.17, 15) is 19.7 Å². The third kappa shape index (κ3) is 6.78. The SMILES string of the molecule is O=C(CN1CCN(C(=O)CCNc2ccccc2[N+](=O)[O-])CC1)NCc1ccccc1. The molecule has 0 aromatic heterocycles. The van der Waals surface area contributed by atoms with Gasteiger partial charge in [-0.05, 0) is 11.6 Å². The number of amides is 2. The van der Waals surface area contributed by atoms with Gasteiger partial charge in [0.1, 0.15) is 5.69 Å². The average molecular weight is 425 g/mol. The summed E-state index contributed by atoms with van der Waals surface area (Å²) in [5, 5.41) is 16.9. The zero-order valence-corrected chi connectivity index (χ0v) is 17.3. The second-order valence-corrected chi connectivity index (χ2v) is 7.37. The summed E-state index contributed by atoms with van der Waals surface area (Å²) in [6.07, 6.45) is 0.254. The first-order chi connectivity index (χ1) is 15.0. The first-order valence-electron chi connectivity index (χ1n) is 10.3. The van der Waals surface area contributed by atoms with Crippen molar-refractivity contribution in [3.63, 3.8) is 0 Å². The Morgan fingerprint density at radius 2 is 1.65 bits per heavy atom. The van der Waals surface area contributed by atoms with Crippen LogP contribution in [-0.4, -0.2) is 65.8 Å². The number of hydrogen-bond donors (Lipinski definition) is 2. The Morgan fingerprint density at radius 3 is 2.35 bits per heavy atom. The fourth-order valence-corrected chi connectivity index (χ4v) is 3.46. The van der Waals surface area contributed by atoms with Crippen molar-refractivity contribution in [2.75, 3.05) is 44.6 Å². The standard InChI is InChI=1S/C22H27N5O4/c28-21(24-16-18-6-2-1-3-7-18)17-25-12-14-26(15-13-25)22(29)10-11-23-19-8-4-5-9-20(19)27(30)31/h1-9,23H,10-17H2,(H,24,28). The number of rotatable bonds is 9. The van der Waals surface area contributed by atoms with Gasteiger partial charge in [-0.15, -0.1) is 0 Å². The molecule has 2 aromatic carbocycles. The molecule has 1 aliphatic rings. The third-order valence-electron chi connectivity index (χ3n) is 5.18. The summed E-state index contributed by atoms with van der Waals surface area (Å²) in [6.45, 7) is 3.56. The summed E-state index contributed by atoms with van der Waals surface area (Å²) in [7, 11) is 0. The van der Waals surface area contributed by atoms with Crippen molar-refractivity contribution in [3.05, 3.63) is 70.3 Å². The Labute approximate surface area is 181 Å². The van der Waals surface area contributed by atoms with Crippen molar-refractivity contribution in [2.45, 2.75) is 13.0 Å². The topological polar surface area (TPSA) is 108 Å². The van der Waals surface area contributed by atoms with E-state index >= 15 is 0 Å². The lowest BCUT2D eigenvalue weighted by atomic mass is 10.2. The van der Waals surface area contributed by atoms with Crippen molar-refractivity contribution in [1.82, 2.24) is 15.1 Å². The first-order valence-corrected chi connectivity index (χ1v) is 10.3. The average Bonchev–Trinajstić information content (AvgIpc) is 2.79. The predicted octanol–water partition coefficient (Wildman–Crippen LogP) is 1.86. The van der Waals surface area contributed by atoms with Crippen molar-refractivity contribution in [1.29, 1.82) is 0 Å². The molecule has 0 radical (unpaired) electrons. The summed E-state index contributed by atoms with van der Waals surface area (Å²) in [5.41, 5.74) is 1.46. The molecule has 0 saturated carbocycles. The number of anilines is 1. The van der Waals surface area contributed by atoms with Crippen LogP contribution in [0.25, 0.3) is 0 Å². The number of hydrogen-bond acceptors (Lipinski definition) is 6. The van der Waals surface area contributed by atoms with E-state index in [-0.39, 0.29) is 23.9 Å². The van der Waals surface area contributed by atoms with Crippen LogP contribution < -0.4 is 10.6 Å². The zero-order chi connectivity index (χ0) is 22.1. The Morgan fingerprint density at radius 1 is 0.968 bits per heavy atom. The van der Waals surface area contributed by atoms with Crippen molar-refractivity contribution in [3.8, 4) is 0 Å². The molecule has 1 heterocycles. The Kier molecular flexibility index (Phi) is 7.94. The molecule has 9 heteroatoms. The molecule has 0 aliphatic carbocycles. The summed E-state index contributed by atoms with van der Waals surface area (Å²) in [5.74, 6) is -0.0310. The van der Waals surface area contributed by atoms with Gasteiger partial charge >= 0.3 is 0 Å². The fraction of sp³-hybridized carbons (Fsp3) is 0.364. The predicted molar refractivity (Wildman–Crippen MR) is 118 cm³/mol. The second kappa shape index (κ2) is 11.1. The smallest absolute Gasteiger partial charge is 0.292 e. The highest BCUT2D eigenvalue weighted by molar-refractivity contribution is 5.78. The fourth-order valence-electron chi connectivity index (χ4n) is 3.46. The third-order valence-corrected chi connectivity index (χ3v) is 5.18. The normalized spacial score (nSPS) is 14.1. The monoisotopic (exact) mass is 425 g/mol. The number of piperazine rings is 1. The van der Waals surface area contributed by atoms with Crippen LogP contribution in [0, 0.1) is 10.1 Å². The van der Waals surface area contributed by atoms with E-state index in [1.165, 1.54) is 6.07 Å². The maximum Gasteiger partial charge on any atom is 0.292 e. The van der Waals surface area contributed by atoms with E-state index < -0.39 is 4.92 Å². The molecule has 1 aliphatic heterocycles. The van der Waals surface area contributed by atoms with Gasteiger partial charge in [-0.2, -0.15) is 0 Å². The summed E-state index contributed by atoms with van der Waals surface area (Å²) >= 11 is 0. The molecule has 0 spiro atoms. The molecule has 1 saturated heterocycles. The number of carbonyl (C=O) groups excluding carboxylic acids is 2. The molecule has 0 atom stereocenters. The van der Waals surface area contributed by atoms with Gasteiger partial charge in [-0.25, -0.2) is 0 Å². The van der Waals surface area contributed by atoms with Gasteiger partial charge in [0.25, 0.3) is 5.69 Å². The van der Waals surface area contributed by atoms with Crippen LogP contribution >= 0.6 is 0 Å². The Hall–Kier alpha value is -3.46. The van der Waals surface area contributed by atoms with Gasteiger partial charge < -0.3 is 15.5 Å². The van der Waals surface area contributed by atoms with Crippen LogP contribution in [0.3, 0.4) is 0 Å². The van der Waals surface area contributed by atoms with Crippen LogP contribution in [0.5, 0.6) is 0 Å². The number of carbonyl (C=O) groups is 2. The van der Waals surface area contributed by atoms with Crippen LogP contribution in [0.4, 0.5) is 11.4 Å². The number of para-hydroxylation sites is 2. The lowest BCUT2D eigenvalue weighted by molar-refractivity contribution is -0.384. The van der Waals surface area contributed by atoms with E-state index in [1.54, 1.807) is 23.1 Å². The van der Waals surface area contributed by atoms with Gasteiger partial charge in [0.2, 0.25) is 11.8 Å². The molecule has 164 valence electrons. The number of nitrogens with one attached hydrogen (secondary N) is 2. The van der Waals surface area contributed by atoms with Crippen LogP contribution in [-0.2, 0) is 16.1 Å². The van der Waals surface area contributed by atoms with Gasteiger partial charge in [0.15, 0.2) is 0 Å². The molecule has 0 unspecified atom stereocenters. The Bertz CT molecular complexity index is 898. The summed E-state index contributed by atoms with van der Waals surface area (Å²) < 4.78 is 0. The van der Waals surface area contributed by atoms with E-state index in [4.69, 9.17) is 0 Å². The van der Waals surface area contributed by atoms with E-state index in [2.05, 4.69) is 10.6 Å². The van der Waals surface area contributed by atoms with Crippen molar-refractivity contribution < 1.29 is 14.5 Å². The minimum absolute atomic E-state index is 0.000682. The molecule has 3 rings (SSSR count). The minimum Gasteiger partial charge on any atom is -0.379 e. The van der Waals surface area contributed by atoms with E-state index in [0.29, 0.717) is 51.5 Å². The van der Waals surface area contributed by atoms with Crippen molar-refractivity contribution in [2.24, 2.45) is 0 Å². The van der Waals surface area contributed by atoms with Crippen molar-refractivity contribution >= 4 is 23.2 Å². The number of benzene rings is 2. The van der Waals surface area contributed by atoms with Gasteiger partial charge in [-0.3, -0.25) is 24.6 Å². The number of nitro groups is 1. The van der Waals surface area contributed by atoms with Gasteiger partial charge in [0.05, 0.1) is 11.5 Å². The lowest BCUT2D eigenvalue weighted by Gasteiger charge is -2.34. The largest absolute Gasteiger partial charge is 0.379 e. The van der Waals surface area contributed by atoms with Crippen LogP contribution in [0.2, 0.25) is 0 Å². The summed E-state index contributed by atoms with van der Waals surface area (Å²) in [6, 6.07) is 16.1. The van der Waals surface area contributed by atoms with E-state index in [1.807, 2.05) is 35.2 Å². The molecular formula is C22H27N5O4. The maximum absolute atomic E-state index is 12.4. The molecule has 1 fully saturated rings. The maximum atomic E-state index is 12.4. The first kappa shape index (κ1) is 22.2. The number of nitrogens with zero attached hydrogens (tertiary/aromatic N) is 3. The van der Waals surface area contributed by atoms with Gasteiger partial charge in [-0.1, -0.05) is 42.5 Å². The second-order valence-electron chi connectivity index (χ2n) is 7.37. The van der Waals surface area contributed by atoms with Crippen LogP contribution in [0.1, 0.15) is 12.0 Å². The highest BCUT2D eigenvalue weighted by Gasteiger charge is 2.22. The van der Waals surface area contributed by atoms with Gasteiger partial charge in [0, 0.05) is 51.8 Å². The quantitative estimate of drug-likeness (QED) is 0.469. The molecule has 0 bridgehead atoms. The highest BCUT2D eigenvalue weighted by atomic mass is 16.6.